The predicted octanol–water partition coefficient (Wildman–Crippen LogP) is 3.70. The van der Waals surface area contributed by atoms with Gasteiger partial charge in [-0.15, -0.1) is 0 Å². The molecule has 1 aromatic carbocycles. The van der Waals surface area contributed by atoms with E-state index in [9.17, 15) is 10.2 Å². The van der Waals surface area contributed by atoms with Gasteiger partial charge in [0.15, 0.2) is 12.6 Å². The summed E-state index contributed by atoms with van der Waals surface area (Å²) in [5, 5.41) is 34.7. The quantitative estimate of drug-likeness (QED) is 0.399. The lowest BCUT2D eigenvalue weighted by molar-refractivity contribution is -0.112. The molecule has 0 heterocycles. The van der Waals surface area contributed by atoms with Crippen molar-refractivity contribution in [2.24, 2.45) is 11.8 Å². The Kier molecular flexibility index (Phi) is 14.8. The van der Waals surface area contributed by atoms with E-state index in [1.165, 1.54) is 19.3 Å². The van der Waals surface area contributed by atoms with Gasteiger partial charge in [0.2, 0.25) is 0 Å². The van der Waals surface area contributed by atoms with Crippen LogP contribution in [0.15, 0.2) is 24.3 Å². The third kappa shape index (κ3) is 12.2. The maximum atomic E-state index is 9.18. The number of rotatable bonds is 12. The van der Waals surface area contributed by atoms with E-state index in [1.807, 2.05) is 19.1 Å². The molecule has 164 valence electrons. The van der Waals surface area contributed by atoms with Crippen molar-refractivity contribution in [3.63, 3.8) is 0 Å². The highest BCUT2D eigenvalue weighted by molar-refractivity contribution is 5.31. The molecule has 0 amide bonds. The lowest BCUT2D eigenvalue weighted by Gasteiger charge is -2.19. The van der Waals surface area contributed by atoms with Crippen molar-refractivity contribution in [3.05, 3.63) is 24.3 Å². The van der Waals surface area contributed by atoms with Crippen LogP contribution in [0.4, 0.5) is 0 Å². The first kappa shape index (κ1) is 26.7. The summed E-state index contributed by atoms with van der Waals surface area (Å²) in [5.41, 5.74) is 0. The van der Waals surface area contributed by atoms with E-state index in [2.05, 4.69) is 13.8 Å². The summed E-state index contributed by atoms with van der Waals surface area (Å²) in [6.45, 7) is 10.5. The summed E-state index contributed by atoms with van der Waals surface area (Å²) in [6, 6.07) is 7.32. The van der Waals surface area contributed by atoms with Crippen molar-refractivity contribution in [2.75, 3.05) is 6.61 Å². The topological polar surface area (TPSA) is 99.4 Å². The molecule has 0 saturated heterocycles. The minimum absolute atomic E-state index is 0.0370. The van der Waals surface area contributed by atoms with Gasteiger partial charge in [-0.2, -0.15) is 0 Å². The van der Waals surface area contributed by atoms with Gasteiger partial charge in [-0.1, -0.05) is 53.9 Å². The molecular weight excluding hydrogens is 360 g/mol. The Balaban J connectivity index is 0.00000105. The van der Waals surface area contributed by atoms with Crippen LogP contribution < -0.4 is 9.47 Å². The second kappa shape index (κ2) is 15.6. The molecule has 2 unspecified atom stereocenters. The third-order valence-electron chi connectivity index (χ3n) is 4.47. The Morgan fingerprint density at radius 1 is 0.821 bits per heavy atom. The molecule has 0 aliphatic carbocycles. The van der Waals surface area contributed by atoms with E-state index >= 15 is 0 Å². The van der Waals surface area contributed by atoms with Crippen molar-refractivity contribution in [1.82, 2.24) is 0 Å². The predicted molar refractivity (Wildman–Crippen MR) is 111 cm³/mol. The number of hydrogen-bond donors (Lipinski definition) is 4. The third-order valence-corrected chi connectivity index (χ3v) is 4.47. The summed E-state index contributed by atoms with van der Waals surface area (Å²) < 4.78 is 11.4. The van der Waals surface area contributed by atoms with Crippen molar-refractivity contribution in [1.29, 1.82) is 0 Å². The Bertz CT molecular complexity index is 466. The van der Waals surface area contributed by atoms with Crippen LogP contribution in [0, 0.1) is 11.8 Å². The molecular formula is C22H40O6. The van der Waals surface area contributed by atoms with Crippen LogP contribution in [0.5, 0.6) is 11.5 Å². The Morgan fingerprint density at radius 3 is 1.75 bits per heavy atom. The fourth-order valence-electron chi connectivity index (χ4n) is 2.26. The van der Waals surface area contributed by atoms with E-state index < -0.39 is 18.7 Å². The fraction of sp³-hybridized carbons (Fsp3) is 0.727. The number of ether oxygens (including phenoxy) is 2. The highest BCUT2D eigenvalue weighted by Crippen LogP contribution is 2.21. The maximum absolute atomic E-state index is 9.18. The van der Waals surface area contributed by atoms with Gasteiger partial charge in [0.05, 0.1) is 6.61 Å². The van der Waals surface area contributed by atoms with Crippen LogP contribution in [0.25, 0.3) is 0 Å². The first-order valence-corrected chi connectivity index (χ1v) is 10.4. The maximum Gasteiger partial charge on any atom is 0.189 e. The number of unbranched alkanes of at least 4 members (excludes halogenated alkanes) is 1. The Labute approximate surface area is 170 Å². The van der Waals surface area contributed by atoms with Gasteiger partial charge in [0.1, 0.15) is 17.6 Å². The summed E-state index contributed by atoms with van der Waals surface area (Å²) in [7, 11) is 0. The van der Waals surface area contributed by atoms with E-state index in [0.717, 1.165) is 18.8 Å². The summed E-state index contributed by atoms with van der Waals surface area (Å²) in [5.74, 6) is 2.00. The van der Waals surface area contributed by atoms with E-state index in [0.29, 0.717) is 18.1 Å². The average Bonchev–Trinajstić information content (AvgIpc) is 2.67. The van der Waals surface area contributed by atoms with Crippen LogP contribution in [-0.2, 0) is 0 Å². The van der Waals surface area contributed by atoms with Crippen LogP contribution in [0.2, 0.25) is 0 Å². The van der Waals surface area contributed by atoms with Crippen LogP contribution in [0.3, 0.4) is 0 Å². The van der Waals surface area contributed by atoms with Crippen molar-refractivity contribution in [2.45, 2.75) is 85.4 Å². The first-order chi connectivity index (χ1) is 13.2. The molecule has 2 atom stereocenters. The standard InChI is InChI=1S/C18H30O4.C4H10O2/c1-4-7-8-14(5-2)13-21-15-9-11-16(12-10-15)22-17(6-3)18(19)20;1-3(2)4(5)6/h9-12,14,17-20H,4-8,13H2,1-3H3;3-6H,1-2H3. The molecule has 4 N–H and O–H groups in total. The number of aliphatic hydroxyl groups excluding tert-OH is 2. The van der Waals surface area contributed by atoms with Crippen molar-refractivity contribution >= 4 is 0 Å². The Hall–Kier alpha value is -1.34. The van der Waals surface area contributed by atoms with E-state index in [4.69, 9.17) is 19.7 Å². The Morgan fingerprint density at radius 2 is 1.36 bits per heavy atom. The normalized spacial score (nSPS) is 13.3. The summed E-state index contributed by atoms with van der Waals surface area (Å²) in [4.78, 5) is 0. The zero-order valence-corrected chi connectivity index (χ0v) is 18.0. The molecule has 1 rings (SSSR count). The largest absolute Gasteiger partial charge is 0.493 e. The minimum Gasteiger partial charge on any atom is -0.493 e. The van der Waals surface area contributed by atoms with Crippen LogP contribution in [0.1, 0.15) is 66.7 Å². The first-order valence-electron chi connectivity index (χ1n) is 10.4. The molecule has 6 nitrogen and oxygen atoms in total. The molecule has 0 fully saturated rings. The summed E-state index contributed by atoms with van der Waals surface area (Å²) >= 11 is 0. The molecule has 0 aliphatic rings. The number of aliphatic hydroxyl groups is 4. The van der Waals surface area contributed by atoms with Gasteiger partial charge in [-0.05, 0) is 43.0 Å². The average molecular weight is 401 g/mol. The zero-order valence-electron chi connectivity index (χ0n) is 18.0. The zero-order chi connectivity index (χ0) is 21.5. The lowest BCUT2D eigenvalue weighted by Crippen LogP contribution is -2.30. The van der Waals surface area contributed by atoms with Gasteiger partial charge >= 0.3 is 0 Å². The number of benzene rings is 1. The molecule has 6 heteroatoms. The molecule has 0 saturated carbocycles. The highest BCUT2D eigenvalue weighted by atomic mass is 16.6. The molecule has 1 aromatic rings. The van der Waals surface area contributed by atoms with Gasteiger partial charge < -0.3 is 29.9 Å². The van der Waals surface area contributed by atoms with Crippen molar-refractivity contribution < 1.29 is 29.9 Å². The summed E-state index contributed by atoms with van der Waals surface area (Å²) in [6.07, 6.45) is 2.12. The monoisotopic (exact) mass is 400 g/mol. The molecule has 0 bridgehead atoms. The smallest absolute Gasteiger partial charge is 0.189 e. The number of hydrogen-bond acceptors (Lipinski definition) is 6. The second-order valence-corrected chi connectivity index (χ2v) is 7.33. The van der Waals surface area contributed by atoms with Gasteiger partial charge in [0.25, 0.3) is 0 Å². The molecule has 0 spiro atoms. The lowest BCUT2D eigenvalue weighted by atomic mass is 10.0. The van der Waals surface area contributed by atoms with E-state index in [-0.39, 0.29) is 5.92 Å². The molecule has 0 radical (unpaired) electrons. The van der Waals surface area contributed by atoms with Crippen LogP contribution >= 0.6 is 0 Å². The SMILES string of the molecule is CC(C)C(O)O.CCCCC(CC)COc1ccc(OC(CC)C(O)O)cc1. The second-order valence-electron chi connectivity index (χ2n) is 7.33. The fourth-order valence-corrected chi connectivity index (χ4v) is 2.26. The van der Waals surface area contributed by atoms with Gasteiger partial charge in [0, 0.05) is 5.92 Å². The molecule has 28 heavy (non-hydrogen) atoms. The van der Waals surface area contributed by atoms with E-state index in [1.54, 1.807) is 26.0 Å². The van der Waals surface area contributed by atoms with Crippen molar-refractivity contribution in [3.8, 4) is 11.5 Å². The van der Waals surface area contributed by atoms with Gasteiger partial charge in [-0.25, -0.2) is 0 Å². The van der Waals surface area contributed by atoms with Gasteiger partial charge in [-0.3, -0.25) is 0 Å². The molecule has 0 aromatic heterocycles. The highest BCUT2D eigenvalue weighted by Gasteiger charge is 2.16. The van der Waals surface area contributed by atoms with Crippen LogP contribution in [-0.4, -0.2) is 45.7 Å². The minimum atomic E-state index is -1.47. The molecule has 0 aliphatic heterocycles.